The number of amides is 1. The monoisotopic (exact) mass is 277 g/mol. The second-order valence-electron chi connectivity index (χ2n) is 5.50. The molecular formula is C16H27N3O. The van der Waals surface area contributed by atoms with Crippen LogP contribution in [-0.2, 0) is 11.3 Å². The number of rotatable bonds is 7. The molecule has 2 N–H and O–H groups in total. The molecule has 0 aliphatic rings. The van der Waals surface area contributed by atoms with E-state index >= 15 is 0 Å². The maximum absolute atomic E-state index is 12.1. The average Bonchev–Trinajstić information content (AvgIpc) is 2.44. The van der Waals surface area contributed by atoms with Gasteiger partial charge in [-0.3, -0.25) is 4.79 Å². The van der Waals surface area contributed by atoms with Crippen LogP contribution in [0.25, 0.3) is 0 Å². The van der Waals surface area contributed by atoms with Crippen molar-refractivity contribution in [2.24, 2.45) is 5.73 Å². The fourth-order valence-electron chi connectivity index (χ4n) is 2.08. The lowest BCUT2D eigenvalue weighted by molar-refractivity contribution is -0.132. The van der Waals surface area contributed by atoms with E-state index in [0.29, 0.717) is 6.54 Å². The highest BCUT2D eigenvalue weighted by Crippen LogP contribution is 2.14. The molecule has 1 amide bonds. The van der Waals surface area contributed by atoms with Crippen LogP contribution in [0.4, 0.5) is 5.69 Å². The summed E-state index contributed by atoms with van der Waals surface area (Å²) in [5.41, 5.74) is 8.20. The van der Waals surface area contributed by atoms with E-state index in [2.05, 4.69) is 36.1 Å². The first-order valence-electron chi connectivity index (χ1n) is 7.22. The van der Waals surface area contributed by atoms with Gasteiger partial charge < -0.3 is 15.5 Å². The third-order valence-electron chi connectivity index (χ3n) is 3.43. The van der Waals surface area contributed by atoms with Crippen molar-refractivity contribution in [3.05, 3.63) is 29.8 Å². The highest BCUT2D eigenvalue weighted by atomic mass is 16.2. The van der Waals surface area contributed by atoms with Crippen molar-refractivity contribution in [1.29, 1.82) is 0 Å². The van der Waals surface area contributed by atoms with Crippen LogP contribution in [0.3, 0.4) is 0 Å². The molecule has 0 aromatic heterocycles. The van der Waals surface area contributed by atoms with E-state index in [1.165, 1.54) is 0 Å². The Balaban J connectivity index is 2.56. The fraction of sp³-hybridized carbons (Fsp3) is 0.562. The van der Waals surface area contributed by atoms with Crippen molar-refractivity contribution in [3.8, 4) is 0 Å². The molecule has 20 heavy (non-hydrogen) atoms. The smallest absolute Gasteiger partial charge is 0.239 e. The second-order valence-corrected chi connectivity index (χ2v) is 5.50. The number of nitrogens with zero attached hydrogens (tertiary/aromatic N) is 2. The molecule has 4 heteroatoms. The van der Waals surface area contributed by atoms with Gasteiger partial charge in [0.25, 0.3) is 0 Å². The molecule has 0 aliphatic carbocycles. The van der Waals surface area contributed by atoms with Gasteiger partial charge in [-0.2, -0.15) is 0 Å². The zero-order chi connectivity index (χ0) is 15.1. The molecule has 4 nitrogen and oxygen atoms in total. The minimum atomic E-state index is -0.374. The molecular weight excluding hydrogens is 250 g/mol. The van der Waals surface area contributed by atoms with Gasteiger partial charge in [0.2, 0.25) is 5.91 Å². The Labute approximate surface area is 122 Å². The van der Waals surface area contributed by atoms with Gasteiger partial charge in [-0.15, -0.1) is 0 Å². The third-order valence-corrected chi connectivity index (χ3v) is 3.43. The first kappa shape index (κ1) is 16.5. The molecule has 112 valence electrons. The van der Waals surface area contributed by atoms with Crippen molar-refractivity contribution in [2.45, 2.75) is 38.8 Å². The van der Waals surface area contributed by atoms with Gasteiger partial charge >= 0.3 is 0 Å². The molecule has 0 saturated carbocycles. The molecule has 1 aromatic carbocycles. The summed E-state index contributed by atoms with van der Waals surface area (Å²) in [4.78, 5) is 15.9. The van der Waals surface area contributed by atoms with Gasteiger partial charge in [0.05, 0.1) is 6.04 Å². The Morgan fingerprint density at radius 3 is 2.30 bits per heavy atom. The molecule has 0 aliphatic heterocycles. The van der Waals surface area contributed by atoms with Crippen molar-refractivity contribution >= 4 is 11.6 Å². The van der Waals surface area contributed by atoms with E-state index in [4.69, 9.17) is 5.73 Å². The summed E-state index contributed by atoms with van der Waals surface area (Å²) < 4.78 is 0. The second kappa shape index (κ2) is 7.90. The summed E-state index contributed by atoms with van der Waals surface area (Å²) in [5, 5.41) is 0. The first-order chi connectivity index (χ1) is 9.45. The minimum Gasteiger partial charge on any atom is -0.378 e. The maximum Gasteiger partial charge on any atom is 0.239 e. The average molecular weight is 277 g/mol. The molecule has 0 saturated heterocycles. The summed E-state index contributed by atoms with van der Waals surface area (Å²) in [6.45, 7) is 2.71. The van der Waals surface area contributed by atoms with E-state index < -0.39 is 0 Å². The number of unbranched alkanes of at least 4 members (excludes halogenated alkanes) is 1. The normalized spacial score (nSPS) is 12.1. The number of nitrogens with two attached hydrogens (primary N) is 1. The summed E-state index contributed by atoms with van der Waals surface area (Å²) in [6.07, 6.45) is 2.83. The van der Waals surface area contributed by atoms with E-state index in [1.54, 1.807) is 4.90 Å². The number of anilines is 1. The number of likely N-dealkylation sites (N-methyl/N-ethyl adjacent to an activating group) is 1. The lowest BCUT2D eigenvalue weighted by atomic mass is 10.1. The molecule has 0 radical (unpaired) electrons. The molecule has 0 heterocycles. The van der Waals surface area contributed by atoms with Crippen LogP contribution >= 0.6 is 0 Å². The predicted molar refractivity (Wildman–Crippen MR) is 84.7 cm³/mol. The fourth-order valence-corrected chi connectivity index (χ4v) is 2.08. The molecule has 0 fully saturated rings. The number of carbonyl (C=O) groups excluding carboxylic acids is 1. The molecule has 0 bridgehead atoms. The van der Waals surface area contributed by atoms with Gasteiger partial charge in [-0.05, 0) is 24.1 Å². The SMILES string of the molecule is CCCCC(N)C(=O)N(C)Cc1ccc(N(C)C)cc1. The Morgan fingerprint density at radius 1 is 1.20 bits per heavy atom. The number of hydrogen-bond acceptors (Lipinski definition) is 3. The highest BCUT2D eigenvalue weighted by molar-refractivity contribution is 5.81. The van der Waals surface area contributed by atoms with E-state index in [0.717, 1.165) is 30.5 Å². The summed E-state index contributed by atoms with van der Waals surface area (Å²) >= 11 is 0. The van der Waals surface area contributed by atoms with Crippen molar-refractivity contribution in [3.63, 3.8) is 0 Å². The molecule has 1 rings (SSSR count). The van der Waals surface area contributed by atoms with Gasteiger partial charge in [-0.25, -0.2) is 0 Å². The molecule has 1 atom stereocenters. The third kappa shape index (κ3) is 4.85. The zero-order valence-corrected chi connectivity index (χ0v) is 13.1. The van der Waals surface area contributed by atoms with E-state index in [9.17, 15) is 4.79 Å². The van der Waals surface area contributed by atoms with Crippen LogP contribution in [0.2, 0.25) is 0 Å². The van der Waals surface area contributed by atoms with Crippen LogP contribution in [0.15, 0.2) is 24.3 Å². The van der Waals surface area contributed by atoms with Crippen molar-refractivity contribution < 1.29 is 4.79 Å². The van der Waals surface area contributed by atoms with Gasteiger partial charge in [0.15, 0.2) is 0 Å². The quantitative estimate of drug-likeness (QED) is 0.831. The number of hydrogen-bond donors (Lipinski definition) is 1. The zero-order valence-electron chi connectivity index (χ0n) is 13.1. The lowest BCUT2D eigenvalue weighted by Crippen LogP contribution is -2.41. The Kier molecular flexibility index (Phi) is 6.52. The summed E-state index contributed by atoms with van der Waals surface area (Å²) in [5.74, 6) is 0.0233. The Morgan fingerprint density at radius 2 is 1.80 bits per heavy atom. The van der Waals surface area contributed by atoms with Crippen LogP contribution in [0.5, 0.6) is 0 Å². The number of carbonyl (C=O) groups is 1. The number of benzene rings is 1. The molecule has 1 aromatic rings. The van der Waals surface area contributed by atoms with Crippen LogP contribution < -0.4 is 10.6 Å². The van der Waals surface area contributed by atoms with Crippen LogP contribution in [-0.4, -0.2) is 38.0 Å². The largest absolute Gasteiger partial charge is 0.378 e. The minimum absolute atomic E-state index is 0.0233. The maximum atomic E-state index is 12.1. The molecule has 1 unspecified atom stereocenters. The summed E-state index contributed by atoms with van der Waals surface area (Å²) in [7, 11) is 5.84. The van der Waals surface area contributed by atoms with Crippen molar-refractivity contribution in [1.82, 2.24) is 4.90 Å². The van der Waals surface area contributed by atoms with Crippen LogP contribution in [0, 0.1) is 0 Å². The summed E-state index contributed by atoms with van der Waals surface area (Å²) in [6, 6.07) is 7.85. The standard InChI is InChI=1S/C16H27N3O/c1-5-6-7-15(17)16(20)19(4)12-13-8-10-14(11-9-13)18(2)3/h8-11,15H,5-7,12,17H2,1-4H3. The van der Waals surface area contributed by atoms with E-state index in [-0.39, 0.29) is 11.9 Å². The first-order valence-corrected chi connectivity index (χ1v) is 7.22. The van der Waals surface area contributed by atoms with Crippen LogP contribution in [0.1, 0.15) is 31.7 Å². The van der Waals surface area contributed by atoms with E-state index in [1.807, 2.05) is 21.1 Å². The predicted octanol–water partition coefficient (Wildman–Crippen LogP) is 2.23. The Bertz CT molecular complexity index is 414. The topological polar surface area (TPSA) is 49.6 Å². The highest BCUT2D eigenvalue weighted by Gasteiger charge is 2.17. The Hall–Kier alpha value is -1.55. The van der Waals surface area contributed by atoms with Gasteiger partial charge in [-0.1, -0.05) is 31.9 Å². The van der Waals surface area contributed by atoms with Crippen molar-refractivity contribution in [2.75, 3.05) is 26.0 Å². The lowest BCUT2D eigenvalue weighted by Gasteiger charge is -2.22. The van der Waals surface area contributed by atoms with Gasteiger partial charge in [0.1, 0.15) is 0 Å². The van der Waals surface area contributed by atoms with Gasteiger partial charge in [0, 0.05) is 33.4 Å². The molecule has 0 spiro atoms.